The molecule has 2 nitrogen and oxygen atoms in total. The molecule has 0 amide bonds. The van der Waals surface area contributed by atoms with E-state index in [2.05, 4.69) is 6.92 Å². The summed E-state index contributed by atoms with van der Waals surface area (Å²) >= 11 is 0. The molecule has 0 aromatic carbocycles. The van der Waals surface area contributed by atoms with E-state index in [1.165, 1.54) is 77.0 Å². The highest BCUT2D eigenvalue weighted by Crippen LogP contribution is 2.41. The van der Waals surface area contributed by atoms with E-state index in [9.17, 15) is 9.59 Å². The minimum Gasteiger partial charge on any atom is -0.299 e. The highest BCUT2D eigenvalue weighted by molar-refractivity contribution is 6.00. The fourth-order valence-corrected chi connectivity index (χ4v) is 6.32. The van der Waals surface area contributed by atoms with Crippen LogP contribution in [0.3, 0.4) is 0 Å². The molecule has 0 radical (unpaired) electrons. The van der Waals surface area contributed by atoms with Gasteiger partial charge in [-0.05, 0) is 55.8 Å². The van der Waals surface area contributed by atoms with E-state index in [-0.39, 0.29) is 23.9 Å². The summed E-state index contributed by atoms with van der Waals surface area (Å²) in [5, 5.41) is 0. The summed E-state index contributed by atoms with van der Waals surface area (Å²) in [5.74, 6) is 4.14. The van der Waals surface area contributed by atoms with Crippen LogP contribution in [-0.4, -0.2) is 11.6 Å². The van der Waals surface area contributed by atoms with Crippen molar-refractivity contribution >= 4 is 11.6 Å². The van der Waals surface area contributed by atoms with Gasteiger partial charge >= 0.3 is 0 Å². The molecule has 3 aliphatic carbocycles. The van der Waals surface area contributed by atoms with Crippen LogP contribution in [0.5, 0.6) is 0 Å². The third-order valence-electron chi connectivity index (χ3n) is 8.23. The average Bonchev–Trinajstić information content (AvgIpc) is 2.89. The number of carbonyl (C=O) groups excluding carboxylic acids is 2. The molecule has 0 aromatic heterocycles. The van der Waals surface area contributed by atoms with Gasteiger partial charge < -0.3 is 0 Å². The lowest BCUT2D eigenvalue weighted by atomic mass is 9.77. The number of fused-ring (bicyclic) bond motifs is 1. The van der Waals surface area contributed by atoms with Gasteiger partial charge in [0.2, 0.25) is 0 Å². The first-order chi connectivity index (χ1) is 13.1. The van der Waals surface area contributed by atoms with Gasteiger partial charge in [-0.3, -0.25) is 9.59 Å². The summed E-state index contributed by atoms with van der Waals surface area (Å²) in [6.07, 6.45) is 20.0. The lowest BCUT2D eigenvalue weighted by Gasteiger charge is -2.29. The zero-order valence-corrected chi connectivity index (χ0v) is 17.7. The molecular formula is C25H42O2. The van der Waals surface area contributed by atoms with Crippen LogP contribution < -0.4 is 0 Å². The Bertz CT molecular complexity index is 467. The van der Waals surface area contributed by atoms with Crippen molar-refractivity contribution in [2.75, 3.05) is 0 Å². The van der Waals surface area contributed by atoms with Crippen LogP contribution >= 0.6 is 0 Å². The molecule has 4 unspecified atom stereocenters. The van der Waals surface area contributed by atoms with Gasteiger partial charge in [0, 0.05) is 12.3 Å². The fourth-order valence-electron chi connectivity index (χ4n) is 6.32. The highest BCUT2D eigenvalue weighted by atomic mass is 16.1. The number of unbranched alkanes of at least 4 members (excludes halogenated alkanes) is 1. The zero-order chi connectivity index (χ0) is 19.1. The molecule has 0 spiro atoms. The number of hydrogen-bond acceptors (Lipinski definition) is 2. The monoisotopic (exact) mass is 374 g/mol. The first kappa shape index (κ1) is 21.1. The molecule has 0 saturated heterocycles. The van der Waals surface area contributed by atoms with E-state index < -0.39 is 0 Å². The SMILES string of the molecule is CC1CCCCC1CCCCC(=O)CC(=O)C1CCC2CCCCC2CC1. The molecule has 3 fully saturated rings. The second-order valence-electron chi connectivity index (χ2n) is 10.1. The van der Waals surface area contributed by atoms with Crippen molar-refractivity contribution < 1.29 is 9.59 Å². The predicted molar refractivity (Wildman–Crippen MR) is 112 cm³/mol. The Kier molecular flexibility index (Phi) is 8.40. The summed E-state index contributed by atoms with van der Waals surface area (Å²) in [6.45, 7) is 2.40. The molecule has 4 atom stereocenters. The van der Waals surface area contributed by atoms with Gasteiger partial charge in [0.1, 0.15) is 11.6 Å². The summed E-state index contributed by atoms with van der Waals surface area (Å²) in [7, 11) is 0. The van der Waals surface area contributed by atoms with Crippen molar-refractivity contribution in [3.63, 3.8) is 0 Å². The number of hydrogen-bond donors (Lipinski definition) is 0. The first-order valence-corrected chi connectivity index (χ1v) is 12.2. The Morgan fingerprint density at radius 1 is 0.741 bits per heavy atom. The lowest BCUT2D eigenvalue weighted by molar-refractivity contribution is -0.129. The van der Waals surface area contributed by atoms with E-state index in [4.69, 9.17) is 0 Å². The zero-order valence-electron chi connectivity index (χ0n) is 17.7. The van der Waals surface area contributed by atoms with Gasteiger partial charge in [-0.25, -0.2) is 0 Å². The van der Waals surface area contributed by atoms with Gasteiger partial charge in [-0.15, -0.1) is 0 Å². The van der Waals surface area contributed by atoms with E-state index in [1.807, 2.05) is 0 Å². The standard InChI is InChI=1S/C25H42O2/c1-19-8-2-3-9-20(19)10-6-7-13-24(26)18-25(27)23-16-14-21-11-4-5-12-22(21)15-17-23/h19-23H,2-18H2,1H3. The van der Waals surface area contributed by atoms with E-state index in [1.54, 1.807) is 0 Å². The maximum Gasteiger partial charge on any atom is 0.143 e. The van der Waals surface area contributed by atoms with Crippen LogP contribution in [0.25, 0.3) is 0 Å². The number of Topliss-reactive ketones (excluding diaryl/α,β-unsaturated/α-hetero) is 2. The normalized spacial score (nSPS) is 34.5. The predicted octanol–water partition coefficient (Wildman–Crippen LogP) is 6.90. The Morgan fingerprint density at radius 3 is 2.04 bits per heavy atom. The van der Waals surface area contributed by atoms with Gasteiger partial charge in [-0.1, -0.05) is 71.1 Å². The minimum absolute atomic E-state index is 0.183. The molecule has 27 heavy (non-hydrogen) atoms. The Hall–Kier alpha value is -0.660. The summed E-state index contributed by atoms with van der Waals surface area (Å²) < 4.78 is 0. The van der Waals surface area contributed by atoms with Crippen LogP contribution in [0.2, 0.25) is 0 Å². The van der Waals surface area contributed by atoms with E-state index in [0.29, 0.717) is 6.42 Å². The molecular weight excluding hydrogens is 332 g/mol. The molecule has 0 N–H and O–H groups in total. The second kappa shape index (κ2) is 10.8. The van der Waals surface area contributed by atoms with Gasteiger partial charge in [0.15, 0.2) is 0 Å². The quantitative estimate of drug-likeness (QED) is 0.342. The third kappa shape index (κ3) is 6.43. The molecule has 0 bridgehead atoms. The van der Waals surface area contributed by atoms with Crippen LogP contribution in [0.4, 0.5) is 0 Å². The van der Waals surface area contributed by atoms with Gasteiger partial charge in [-0.2, -0.15) is 0 Å². The van der Waals surface area contributed by atoms with E-state index >= 15 is 0 Å². The van der Waals surface area contributed by atoms with Crippen molar-refractivity contribution in [1.29, 1.82) is 0 Å². The first-order valence-electron chi connectivity index (χ1n) is 12.2. The molecule has 0 heterocycles. The second-order valence-corrected chi connectivity index (χ2v) is 10.1. The van der Waals surface area contributed by atoms with Crippen molar-refractivity contribution in [2.45, 2.75) is 116 Å². The molecule has 154 valence electrons. The highest BCUT2D eigenvalue weighted by Gasteiger charge is 2.32. The average molecular weight is 375 g/mol. The number of carbonyl (C=O) groups is 2. The summed E-state index contributed by atoms with van der Waals surface area (Å²) in [4.78, 5) is 25.0. The molecule has 3 rings (SSSR count). The summed E-state index contributed by atoms with van der Waals surface area (Å²) in [5.41, 5.74) is 0. The van der Waals surface area contributed by atoms with Gasteiger partial charge in [0.25, 0.3) is 0 Å². The maximum atomic E-state index is 12.7. The van der Waals surface area contributed by atoms with Crippen molar-refractivity contribution in [3.8, 4) is 0 Å². The Labute approximate surface area is 167 Å². The lowest BCUT2D eigenvalue weighted by Crippen LogP contribution is -2.18. The van der Waals surface area contributed by atoms with Crippen LogP contribution in [0.1, 0.15) is 116 Å². The topological polar surface area (TPSA) is 34.1 Å². The van der Waals surface area contributed by atoms with Crippen LogP contribution in [0.15, 0.2) is 0 Å². The number of rotatable bonds is 8. The van der Waals surface area contributed by atoms with Crippen molar-refractivity contribution in [2.24, 2.45) is 29.6 Å². The molecule has 3 aliphatic rings. The number of ketones is 2. The fraction of sp³-hybridized carbons (Fsp3) is 0.920. The molecule has 2 heteroatoms. The van der Waals surface area contributed by atoms with Crippen LogP contribution in [0, 0.1) is 29.6 Å². The molecule has 0 aliphatic heterocycles. The smallest absolute Gasteiger partial charge is 0.143 e. The summed E-state index contributed by atoms with van der Waals surface area (Å²) in [6, 6.07) is 0. The molecule has 0 aromatic rings. The minimum atomic E-state index is 0.183. The molecule has 3 saturated carbocycles. The third-order valence-corrected chi connectivity index (χ3v) is 8.23. The van der Waals surface area contributed by atoms with Crippen LogP contribution in [-0.2, 0) is 9.59 Å². The van der Waals surface area contributed by atoms with Gasteiger partial charge in [0.05, 0.1) is 6.42 Å². The van der Waals surface area contributed by atoms with E-state index in [0.717, 1.165) is 42.9 Å². The Balaban J connectivity index is 1.32. The van der Waals surface area contributed by atoms with Crippen molar-refractivity contribution in [3.05, 3.63) is 0 Å². The largest absolute Gasteiger partial charge is 0.299 e. The maximum absolute atomic E-state index is 12.7. The Morgan fingerprint density at radius 2 is 1.37 bits per heavy atom. The van der Waals surface area contributed by atoms with Crippen molar-refractivity contribution in [1.82, 2.24) is 0 Å².